The van der Waals surface area contributed by atoms with Gasteiger partial charge in [0.05, 0.1) is 42.2 Å². The van der Waals surface area contributed by atoms with Crippen LogP contribution >= 0.6 is 0 Å². The van der Waals surface area contributed by atoms with E-state index in [4.69, 9.17) is 6.42 Å². The Kier molecular flexibility index (Phi) is 4.56. The summed E-state index contributed by atoms with van der Waals surface area (Å²) in [5, 5.41) is 4.31. The van der Waals surface area contributed by atoms with Gasteiger partial charge in [0.1, 0.15) is 5.82 Å². The minimum Gasteiger partial charge on any atom is -0.297 e. The molecule has 1 amide bonds. The molecule has 6 heteroatoms. The molecule has 0 radical (unpaired) electrons. The Bertz CT molecular complexity index is 730. The maximum atomic E-state index is 13.3. The molecular weight excluding hydrogens is 283 g/mol. The number of anilines is 1. The number of aromatic nitrogens is 3. The zero-order chi connectivity index (χ0) is 16.3. The molecule has 22 heavy (non-hydrogen) atoms. The quantitative estimate of drug-likeness (QED) is 0.814. The molecule has 0 aromatic carbocycles. The molecule has 0 spiro atoms. The van der Waals surface area contributed by atoms with E-state index in [0.717, 1.165) is 6.20 Å². The normalized spacial score (nSPS) is 10.5. The molecule has 0 saturated carbocycles. The van der Waals surface area contributed by atoms with E-state index in [9.17, 15) is 9.18 Å². The molecule has 2 aromatic heterocycles. The Hall–Kier alpha value is -2.68. The molecule has 2 heterocycles. The summed E-state index contributed by atoms with van der Waals surface area (Å²) in [5.74, 6) is 1.76. The van der Waals surface area contributed by atoms with Gasteiger partial charge < -0.3 is 0 Å². The molecule has 0 N–H and O–H groups in total. The summed E-state index contributed by atoms with van der Waals surface area (Å²) in [6.45, 7) is 5.55. The van der Waals surface area contributed by atoms with Gasteiger partial charge in [0.15, 0.2) is 0 Å². The van der Waals surface area contributed by atoms with E-state index in [1.54, 1.807) is 13.1 Å². The van der Waals surface area contributed by atoms with Gasteiger partial charge in [-0.15, -0.1) is 6.42 Å². The first-order valence-corrected chi connectivity index (χ1v) is 6.86. The number of terminal acetylenes is 1. The fourth-order valence-corrected chi connectivity index (χ4v) is 2.06. The van der Waals surface area contributed by atoms with Crippen molar-refractivity contribution < 1.29 is 9.18 Å². The van der Waals surface area contributed by atoms with Crippen LogP contribution in [0.2, 0.25) is 0 Å². The van der Waals surface area contributed by atoms with Crippen LogP contribution in [0.3, 0.4) is 0 Å². The van der Waals surface area contributed by atoms with Crippen molar-refractivity contribution in [1.82, 2.24) is 14.8 Å². The largest absolute Gasteiger partial charge is 0.297 e. The van der Waals surface area contributed by atoms with Crippen molar-refractivity contribution >= 4 is 11.6 Å². The van der Waals surface area contributed by atoms with Crippen LogP contribution in [0.15, 0.2) is 24.7 Å². The van der Waals surface area contributed by atoms with E-state index in [-0.39, 0.29) is 18.4 Å². The topological polar surface area (TPSA) is 51.0 Å². The molecule has 2 aromatic rings. The van der Waals surface area contributed by atoms with Crippen LogP contribution in [0.5, 0.6) is 0 Å². The average Bonchev–Trinajstić information content (AvgIpc) is 2.86. The Morgan fingerprint density at radius 3 is 2.82 bits per heavy atom. The number of hydrogen-bond acceptors (Lipinski definition) is 3. The average molecular weight is 300 g/mol. The van der Waals surface area contributed by atoms with E-state index in [2.05, 4.69) is 16.0 Å². The van der Waals surface area contributed by atoms with E-state index in [1.165, 1.54) is 21.8 Å². The Morgan fingerprint density at radius 1 is 1.50 bits per heavy atom. The van der Waals surface area contributed by atoms with Crippen LogP contribution in [-0.2, 0) is 4.79 Å². The molecule has 0 saturated heterocycles. The number of amides is 1. The molecule has 0 atom stereocenters. The third-order valence-corrected chi connectivity index (χ3v) is 3.13. The number of halogens is 1. The number of carbonyl (C=O) groups is 1. The standard InChI is InChI=1S/C16H17FN4O/c1-5-6-20(16(22)11(2)3)15-10-21(19-12(15)4)14-7-13(17)8-18-9-14/h1,7-11H,6H2,2-4H3. The van der Waals surface area contributed by atoms with Crippen LogP contribution in [0.25, 0.3) is 5.69 Å². The minimum atomic E-state index is -0.453. The van der Waals surface area contributed by atoms with Crippen molar-refractivity contribution in [1.29, 1.82) is 0 Å². The van der Waals surface area contributed by atoms with E-state index in [1.807, 2.05) is 13.8 Å². The molecule has 0 aliphatic heterocycles. The zero-order valence-corrected chi connectivity index (χ0v) is 12.7. The number of rotatable bonds is 4. The lowest BCUT2D eigenvalue weighted by Crippen LogP contribution is -2.34. The number of nitrogens with zero attached hydrogens (tertiary/aromatic N) is 4. The summed E-state index contributed by atoms with van der Waals surface area (Å²) in [6, 6.07) is 1.32. The minimum absolute atomic E-state index is 0.0852. The third kappa shape index (κ3) is 3.14. The smallest absolute Gasteiger partial charge is 0.230 e. The van der Waals surface area contributed by atoms with Gasteiger partial charge in [-0.3, -0.25) is 14.7 Å². The van der Waals surface area contributed by atoms with Crippen LogP contribution in [-0.4, -0.2) is 27.2 Å². The summed E-state index contributed by atoms with van der Waals surface area (Å²) in [5.41, 5.74) is 1.72. The Balaban J connectivity index is 2.44. The lowest BCUT2D eigenvalue weighted by Gasteiger charge is -2.21. The number of pyridine rings is 1. The number of hydrogen-bond donors (Lipinski definition) is 0. The van der Waals surface area contributed by atoms with E-state index >= 15 is 0 Å². The first kappa shape index (κ1) is 15.7. The van der Waals surface area contributed by atoms with Crippen molar-refractivity contribution in [2.24, 2.45) is 5.92 Å². The SMILES string of the molecule is C#CCN(C(=O)C(C)C)c1cn(-c2cncc(F)c2)nc1C. The molecule has 114 valence electrons. The fourth-order valence-electron chi connectivity index (χ4n) is 2.06. The molecule has 2 rings (SSSR count). The van der Waals surface area contributed by atoms with Gasteiger partial charge in [-0.2, -0.15) is 5.10 Å². The summed E-state index contributed by atoms with van der Waals surface area (Å²) < 4.78 is 14.8. The Labute approximate surface area is 128 Å². The number of carbonyl (C=O) groups excluding carboxylic acids is 1. The highest BCUT2D eigenvalue weighted by molar-refractivity contribution is 5.95. The maximum absolute atomic E-state index is 13.3. The molecule has 0 unspecified atom stereocenters. The van der Waals surface area contributed by atoms with Crippen molar-refractivity contribution in [3.8, 4) is 18.0 Å². The monoisotopic (exact) mass is 300 g/mol. The van der Waals surface area contributed by atoms with Crippen molar-refractivity contribution in [3.63, 3.8) is 0 Å². The van der Waals surface area contributed by atoms with Crippen LogP contribution < -0.4 is 4.90 Å². The van der Waals surface area contributed by atoms with Gasteiger partial charge in [-0.25, -0.2) is 9.07 Å². The van der Waals surface area contributed by atoms with Crippen molar-refractivity contribution in [3.05, 3.63) is 36.2 Å². The predicted octanol–water partition coefficient (Wildman–Crippen LogP) is 2.34. The summed E-state index contributed by atoms with van der Waals surface area (Å²) in [4.78, 5) is 17.6. The van der Waals surface area contributed by atoms with Crippen LogP contribution in [0, 0.1) is 31.0 Å². The summed E-state index contributed by atoms with van der Waals surface area (Å²) in [6.07, 6.45) is 9.63. The third-order valence-electron chi connectivity index (χ3n) is 3.13. The van der Waals surface area contributed by atoms with Gasteiger partial charge in [0, 0.05) is 12.0 Å². The highest BCUT2D eigenvalue weighted by atomic mass is 19.1. The summed E-state index contributed by atoms with van der Waals surface area (Å²) in [7, 11) is 0. The van der Waals surface area contributed by atoms with E-state index < -0.39 is 5.82 Å². The van der Waals surface area contributed by atoms with Gasteiger partial charge in [0.2, 0.25) is 5.91 Å². The first-order chi connectivity index (χ1) is 10.4. The first-order valence-electron chi connectivity index (χ1n) is 6.86. The summed E-state index contributed by atoms with van der Waals surface area (Å²) >= 11 is 0. The van der Waals surface area contributed by atoms with Crippen molar-refractivity contribution in [2.75, 3.05) is 11.4 Å². The second-order valence-electron chi connectivity index (χ2n) is 5.19. The predicted molar refractivity (Wildman–Crippen MR) is 82.1 cm³/mol. The lowest BCUT2D eigenvalue weighted by atomic mass is 10.1. The second kappa shape index (κ2) is 6.39. The highest BCUT2D eigenvalue weighted by Crippen LogP contribution is 2.22. The fraction of sp³-hybridized carbons (Fsp3) is 0.312. The molecular formula is C16H17FN4O. The van der Waals surface area contributed by atoms with Gasteiger partial charge in [-0.1, -0.05) is 19.8 Å². The molecule has 5 nitrogen and oxygen atoms in total. The number of aryl methyl sites for hydroxylation is 1. The molecule has 0 aliphatic carbocycles. The van der Waals surface area contributed by atoms with Gasteiger partial charge in [-0.05, 0) is 6.92 Å². The van der Waals surface area contributed by atoms with Gasteiger partial charge in [0.25, 0.3) is 0 Å². The molecule has 0 aliphatic rings. The van der Waals surface area contributed by atoms with Crippen LogP contribution in [0.4, 0.5) is 10.1 Å². The van der Waals surface area contributed by atoms with Gasteiger partial charge >= 0.3 is 0 Å². The van der Waals surface area contributed by atoms with Crippen LogP contribution in [0.1, 0.15) is 19.5 Å². The second-order valence-corrected chi connectivity index (χ2v) is 5.19. The molecule has 0 fully saturated rings. The Morgan fingerprint density at radius 2 is 2.23 bits per heavy atom. The highest BCUT2D eigenvalue weighted by Gasteiger charge is 2.22. The lowest BCUT2D eigenvalue weighted by molar-refractivity contribution is -0.121. The zero-order valence-electron chi connectivity index (χ0n) is 12.7. The van der Waals surface area contributed by atoms with E-state index in [0.29, 0.717) is 17.1 Å². The molecule has 0 bridgehead atoms. The maximum Gasteiger partial charge on any atom is 0.230 e. The van der Waals surface area contributed by atoms with Crippen molar-refractivity contribution in [2.45, 2.75) is 20.8 Å².